The SMILES string of the molecule is ClC1CCCC1Cc1cc(Br)cc2c1OCC2. The molecule has 0 amide bonds. The molecule has 1 aromatic carbocycles. The van der Waals surface area contributed by atoms with Gasteiger partial charge in [0.15, 0.2) is 0 Å². The number of fused-ring (bicyclic) bond motifs is 1. The zero-order chi connectivity index (χ0) is 11.8. The maximum atomic E-state index is 6.37. The van der Waals surface area contributed by atoms with Gasteiger partial charge in [0.2, 0.25) is 0 Å². The molecule has 0 spiro atoms. The minimum absolute atomic E-state index is 0.353. The van der Waals surface area contributed by atoms with Crippen LogP contribution in [0.25, 0.3) is 0 Å². The number of benzene rings is 1. The summed E-state index contributed by atoms with van der Waals surface area (Å²) in [6.07, 6.45) is 5.81. The molecule has 0 saturated heterocycles. The van der Waals surface area contributed by atoms with Crippen molar-refractivity contribution in [2.45, 2.75) is 37.5 Å². The zero-order valence-corrected chi connectivity index (χ0v) is 12.1. The van der Waals surface area contributed by atoms with Gasteiger partial charge in [0.25, 0.3) is 0 Å². The van der Waals surface area contributed by atoms with Crippen LogP contribution in [0.5, 0.6) is 5.75 Å². The summed E-state index contributed by atoms with van der Waals surface area (Å²) in [6.45, 7) is 0.827. The van der Waals surface area contributed by atoms with Gasteiger partial charge in [-0.05, 0) is 48.4 Å². The van der Waals surface area contributed by atoms with Crippen LogP contribution in [0.4, 0.5) is 0 Å². The second kappa shape index (κ2) is 4.81. The molecule has 2 atom stereocenters. The molecule has 2 aliphatic rings. The van der Waals surface area contributed by atoms with Crippen molar-refractivity contribution in [3.8, 4) is 5.75 Å². The first-order valence-electron chi connectivity index (χ1n) is 6.32. The van der Waals surface area contributed by atoms with Crippen molar-refractivity contribution in [3.05, 3.63) is 27.7 Å². The normalized spacial score (nSPS) is 26.9. The molecule has 0 N–H and O–H groups in total. The molecule has 1 heterocycles. The molecule has 1 nitrogen and oxygen atoms in total. The fourth-order valence-corrected chi connectivity index (χ4v) is 3.92. The zero-order valence-electron chi connectivity index (χ0n) is 9.72. The highest BCUT2D eigenvalue weighted by Gasteiger charge is 2.27. The molecule has 1 fully saturated rings. The number of ether oxygens (including phenoxy) is 1. The highest BCUT2D eigenvalue weighted by Crippen LogP contribution is 2.38. The molecule has 0 bridgehead atoms. The maximum Gasteiger partial charge on any atom is 0.125 e. The van der Waals surface area contributed by atoms with Crippen molar-refractivity contribution in [2.75, 3.05) is 6.61 Å². The molecule has 0 aromatic heterocycles. The molecule has 1 aliphatic heterocycles. The highest BCUT2D eigenvalue weighted by molar-refractivity contribution is 9.10. The molecule has 92 valence electrons. The van der Waals surface area contributed by atoms with E-state index in [2.05, 4.69) is 28.1 Å². The highest BCUT2D eigenvalue weighted by atomic mass is 79.9. The lowest BCUT2D eigenvalue weighted by atomic mass is 9.95. The predicted molar refractivity (Wildman–Crippen MR) is 74.0 cm³/mol. The Hall–Kier alpha value is -0.210. The van der Waals surface area contributed by atoms with Gasteiger partial charge in [-0.1, -0.05) is 22.4 Å². The first kappa shape index (κ1) is 11.9. The standard InChI is InChI=1S/C14H16BrClO/c15-12-7-10-4-5-17-14(10)11(8-12)6-9-2-1-3-13(9)16/h7-9,13H,1-6H2. The molecular formula is C14H16BrClO. The number of alkyl halides is 1. The first-order chi connectivity index (χ1) is 8.24. The van der Waals surface area contributed by atoms with Gasteiger partial charge < -0.3 is 4.74 Å². The summed E-state index contributed by atoms with van der Waals surface area (Å²) in [4.78, 5) is 0. The molecule has 3 heteroatoms. The van der Waals surface area contributed by atoms with Crippen LogP contribution in [0.3, 0.4) is 0 Å². The average Bonchev–Trinajstić information content (AvgIpc) is 2.88. The monoisotopic (exact) mass is 314 g/mol. The van der Waals surface area contributed by atoms with Crippen molar-refractivity contribution in [1.82, 2.24) is 0 Å². The fourth-order valence-electron chi connectivity index (χ4n) is 3.00. The molecule has 17 heavy (non-hydrogen) atoms. The van der Waals surface area contributed by atoms with Crippen molar-refractivity contribution >= 4 is 27.5 Å². The van der Waals surface area contributed by atoms with E-state index in [1.165, 1.54) is 34.9 Å². The Balaban J connectivity index is 1.87. The van der Waals surface area contributed by atoms with E-state index in [-0.39, 0.29) is 0 Å². The van der Waals surface area contributed by atoms with E-state index in [1.54, 1.807) is 0 Å². The third-order valence-electron chi connectivity index (χ3n) is 3.87. The molecular weight excluding hydrogens is 300 g/mol. The Morgan fingerprint density at radius 2 is 2.24 bits per heavy atom. The van der Waals surface area contributed by atoms with Crippen LogP contribution >= 0.6 is 27.5 Å². The molecule has 3 rings (SSSR count). The lowest BCUT2D eigenvalue weighted by molar-refractivity contribution is 0.351. The minimum Gasteiger partial charge on any atom is -0.493 e. The summed E-state index contributed by atoms with van der Waals surface area (Å²) in [7, 11) is 0. The van der Waals surface area contributed by atoms with E-state index < -0.39 is 0 Å². The summed E-state index contributed by atoms with van der Waals surface area (Å²) >= 11 is 9.96. The van der Waals surface area contributed by atoms with Crippen LogP contribution in [0, 0.1) is 5.92 Å². The number of hydrogen-bond acceptors (Lipinski definition) is 1. The van der Waals surface area contributed by atoms with Gasteiger partial charge in [-0.2, -0.15) is 0 Å². The molecule has 1 aromatic rings. The van der Waals surface area contributed by atoms with E-state index >= 15 is 0 Å². The van der Waals surface area contributed by atoms with Crippen LogP contribution in [-0.2, 0) is 12.8 Å². The van der Waals surface area contributed by atoms with E-state index in [0.717, 1.165) is 25.2 Å². The topological polar surface area (TPSA) is 9.23 Å². The summed E-state index contributed by atoms with van der Waals surface area (Å²) in [6, 6.07) is 4.38. The van der Waals surface area contributed by atoms with E-state index in [4.69, 9.17) is 16.3 Å². The number of halogens is 2. The van der Waals surface area contributed by atoms with Gasteiger partial charge in [-0.3, -0.25) is 0 Å². The van der Waals surface area contributed by atoms with Crippen molar-refractivity contribution < 1.29 is 4.74 Å². The Labute approximate surface area is 116 Å². The largest absolute Gasteiger partial charge is 0.493 e. The van der Waals surface area contributed by atoms with Crippen molar-refractivity contribution in [1.29, 1.82) is 0 Å². The van der Waals surface area contributed by atoms with Crippen molar-refractivity contribution in [3.63, 3.8) is 0 Å². The van der Waals surface area contributed by atoms with Gasteiger partial charge in [0, 0.05) is 16.3 Å². The summed E-state index contributed by atoms with van der Waals surface area (Å²) in [5.41, 5.74) is 2.68. The lowest BCUT2D eigenvalue weighted by Gasteiger charge is -2.16. The summed E-state index contributed by atoms with van der Waals surface area (Å²) < 4.78 is 6.93. The van der Waals surface area contributed by atoms with Crippen LogP contribution in [-0.4, -0.2) is 12.0 Å². The fraction of sp³-hybridized carbons (Fsp3) is 0.571. The van der Waals surface area contributed by atoms with Gasteiger partial charge >= 0.3 is 0 Å². The van der Waals surface area contributed by atoms with Crippen LogP contribution in [0.2, 0.25) is 0 Å². The van der Waals surface area contributed by atoms with Crippen molar-refractivity contribution in [2.24, 2.45) is 5.92 Å². The van der Waals surface area contributed by atoms with Gasteiger partial charge in [0.1, 0.15) is 5.75 Å². The van der Waals surface area contributed by atoms with Gasteiger partial charge in [-0.25, -0.2) is 0 Å². The average molecular weight is 316 g/mol. The van der Waals surface area contributed by atoms with Crippen LogP contribution in [0.15, 0.2) is 16.6 Å². The first-order valence-corrected chi connectivity index (χ1v) is 7.55. The minimum atomic E-state index is 0.353. The summed E-state index contributed by atoms with van der Waals surface area (Å²) in [5.74, 6) is 1.75. The van der Waals surface area contributed by atoms with E-state index in [9.17, 15) is 0 Å². The maximum absolute atomic E-state index is 6.37. The molecule has 1 saturated carbocycles. The van der Waals surface area contributed by atoms with Crippen LogP contribution < -0.4 is 4.74 Å². The second-order valence-electron chi connectivity index (χ2n) is 5.06. The Morgan fingerprint density at radius 3 is 3.00 bits per heavy atom. The third-order valence-corrected chi connectivity index (χ3v) is 4.91. The van der Waals surface area contributed by atoms with E-state index in [0.29, 0.717) is 11.3 Å². The predicted octanol–water partition coefficient (Wildman–Crippen LogP) is 4.33. The quantitative estimate of drug-likeness (QED) is 0.738. The van der Waals surface area contributed by atoms with Gasteiger partial charge in [0.05, 0.1) is 6.61 Å². The smallest absolute Gasteiger partial charge is 0.125 e. The molecule has 1 aliphatic carbocycles. The molecule has 0 radical (unpaired) electrons. The number of rotatable bonds is 2. The lowest BCUT2D eigenvalue weighted by Crippen LogP contribution is -2.10. The Morgan fingerprint density at radius 1 is 1.35 bits per heavy atom. The van der Waals surface area contributed by atoms with E-state index in [1.807, 2.05) is 0 Å². The summed E-state index contributed by atoms with van der Waals surface area (Å²) in [5, 5.41) is 0.353. The molecule has 2 unspecified atom stereocenters. The second-order valence-corrected chi connectivity index (χ2v) is 6.54. The van der Waals surface area contributed by atoms with Gasteiger partial charge in [-0.15, -0.1) is 11.6 Å². The van der Waals surface area contributed by atoms with Crippen LogP contribution in [0.1, 0.15) is 30.4 Å². The Bertz CT molecular complexity index is 432. The Kier molecular flexibility index (Phi) is 3.36. The number of hydrogen-bond donors (Lipinski definition) is 0. The third kappa shape index (κ3) is 2.34.